The Morgan fingerprint density at radius 3 is 2.28 bits per heavy atom. The van der Waals surface area contributed by atoms with Gasteiger partial charge in [0.2, 0.25) is 0 Å². The third-order valence-corrected chi connectivity index (χ3v) is 4.05. The molecule has 3 rings (SSSR count). The Morgan fingerprint density at radius 2 is 1.56 bits per heavy atom. The van der Waals surface area contributed by atoms with Crippen LogP contribution in [0.15, 0.2) is 84.9 Å². The summed E-state index contributed by atoms with van der Waals surface area (Å²) >= 11 is 6.08. The molecule has 0 saturated heterocycles. The molecule has 0 aromatic heterocycles. The lowest BCUT2D eigenvalue weighted by Gasteiger charge is -2.06. The van der Waals surface area contributed by atoms with Gasteiger partial charge in [0.05, 0.1) is 0 Å². The number of hydrogen-bond donors (Lipinski definition) is 0. The van der Waals surface area contributed by atoms with Gasteiger partial charge in [0.15, 0.2) is 5.78 Å². The van der Waals surface area contributed by atoms with Gasteiger partial charge >= 0.3 is 0 Å². The van der Waals surface area contributed by atoms with Gasteiger partial charge in [-0.1, -0.05) is 60.1 Å². The number of ketones is 1. The maximum atomic E-state index is 12.2. The second-order valence-electron chi connectivity index (χ2n) is 5.52. The van der Waals surface area contributed by atoms with Crippen LogP contribution in [0.3, 0.4) is 0 Å². The first-order chi connectivity index (χ1) is 12.2. The average Bonchev–Trinajstić information content (AvgIpc) is 2.67. The Bertz CT molecular complexity index is 868. The van der Waals surface area contributed by atoms with E-state index in [-0.39, 0.29) is 5.78 Å². The summed E-state index contributed by atoms with van der Waals surface area (Å²) in [4.78, 5) is 12.2. The van der Waals surface area contributed by atoms with Gasteiger partial charge in [0, 0.05) is 10.6 Å². The lowest BCUT2D eigenvalue weighted by Crippen LogP contribution is -1.97. The van der Waals surface area contributed by atoms with Crippen molar-refractivity contribution >= 4 is 23.5 Å². The molecule has 0 fully saturated rings. The molecule has 2 nitrogen and oxygen atoms in total. The standard InChI is InChI=1S/C22H17ClO2/c23-21-9-5-4-8-18(21)12-15-22(24)19-10-13-20(14-11-19)25-16-17-6-2-1-3-7-17/h1-15H,16H2/b15-12+. The van der Waals surface area contributed by atoms with Crippen LogP contribution in [0.2, 0.25) is 5.02 Å². The van der Waals surface area contributed by atoms with Crippen LogP contribution in [0.1, 0.15) is 21.5 Å². The van der Waals surface area contributed by atoms with E-state index in [1.165, 1.54) is 6.08 Å². The Morgan fingerprint density at radius 1 is 0.880 bits per heavy atom. The number of ether oxygens (including phenoxy) is 1. The van der Waals surface area contributed by atoms with Crippen LogP contribution in [0.4, 0.5) is 0 Å². The van der Waals surface area contributed by atoms with Crippen molar-refractivity contribution in [3.63, 3.8) is 0 Å². The first-order valence-electron chi connectivity index (χ1n) is 7.96. The van der Waals surface area contributed by atoms with Crippen molar-refractivity contribution in [2.75, 3.05) is 0 Å². The molecular formula is C22H17ClO2. The van der Waals surface area contributed by atoms with Crippen LogP contribution < -0.4 is 4.74 Å². The molecule has 3 aromatic rings. The lowest BCUT2D eigenvalue weighted by molar-refractivity contribution is 0.104. The summed E-state index contributed by atoms with van der Waals surface area (Å²) in [5.41, 5.74) is 2.53. The highest BCUT2D eigenvalue weighted by Crippen LogP contribution is 2.18. The maximum absolute atomic E-state index is 12.2. The van der Waals surface area contributed by atoms with Crippen molar-refractivity contribution < 1.29 is 9.53 Å². The van der Waals surface area contributed by atoms with Crippen LogP contribution in [-0.4, -0.2) is 5.78 Å². The van der Waals surface area contributed by atoms with E-state index in [1.54, 1.807) is 36.4 Å². The molecule has 0 aliphatic rings. The zero-order valence-electron chi connectivity index (χ0n) is 13.6. The molecule has 0 heterocycles. The summed E-state index contributed by atoms with van der Waals surface area (Å²) in [6.07, 6.45) is 3.26. The number of rotatable bonds is 6. The van der Waals surface area contributed by atoms with Gasteiger partial charge in [-0.2, -0.15) is 0 Å². The number of hydrogen-bond acceptors (Lipinski definition) is 2. The first kappa shape index (κ1) is 17.0. The van der Waals surface area contributed by atoms with E-state index in [4.69, 9.17) is 16.3 Å². The Labute approximate surface area is 152 Å². The molecule has 0 N–H and O–H groups in total. The predicted octanol–water partition coefficient (Wildman–Crippen LogP) is 5.82. The van der Waals surface area contributed by atoms with Crippen molar-refractivity contribution in [2.24, 2.45) is 0 Å². The molecule has 124 valence electrons. The minimum Gasteiger partial charge on any atom is -0.489 e. The SMILES string of the molecule is O=C(/C=C/c1ccccc1Cl)c1ccc(OCc2ccccc2)cc1. The highest BCUT2D eigenvalue weighted by atomic mass is 35.5. The van der Waals surface area contributed by atoms with Crippen molar-refractivity contribution in [1.29, 1.82) is 0 Å². The molecule has 0 spiro atoms. The fourth-order valence-corrected chi connectivity index (χ4v) is 2.53. The Balaban J connectivity index is 1.61. The number of carbonyl (C=O) groups is 1. The van der Waals surface area contributed by atoms with E-state index < -0.39 is 0 Å². The van der Waals surface area contributed by atoms with Gasteiger partial charge in [-0.15, -0.1) is 0 Å². The highest BCUT2D eigenvalue weighted by Gasteiger charge is 2.03. The van der Waals surface area contributed by atoms with Crippen LogP contribution in [0, 0.1) is 0 Å². The molecule has 0 unspecified atom stereocenters. The van der Waals surface area contributed by atoms with Gasteiger partial charge in [-0.3, -0.25) is 4.79 Å². The van der Waals surface area contributed by atoms with Crippen molar-refractivity contribution in [3.8, 4) is 5.75 Å². The van der Waals surface area contributed by atoms with Crippen molar-refractivity contribution in [3.05, 3.63) is 107 Å². The molecule has 3 aromatic carbocycles. The summed E-state index contributed by atoms with van der Waals surface area (Å²) in [6, 6.07) is 24.5. The second kappa shape index (κ2) is 8.32. The van der Waals surface area contributed by atoms with E-state index in [2.05, 4.69) is 0 Å². The highest BCUT2D eigenvalue weighted by molar-refractivity contribution is 6.32. The van der Waals surface area contributed by atoms with Crippen molar-refractivity contribution in [1.82, 2.24) is 0 Å². The zero-order valence-corrected chi connectivity index (χ0v) is 14.3. The van der Waals surface area contributed by atoms with E-state index >= 15 is 0 Å². The molecule has 0 radical (unpaired) electrons. The monoisotopic (exact) mass is 348 g/mol. The molecule has 0 saturated carbocycles. The lowest BCUT2D eigenvalue weighted by atomic mass is 10.1. The molecule has 0 atom stereocenters. The van der Waals surface area contributed by atoms with Gasteiger partial charge in [0.1, 0.15) is 12.4 Å². The molecule has 0 bridgehead atoms. The Kier molecular flexibility index (Phi) is 5.65. The van der Waals surface area contributed by atoms with Crippen LogP contribution in [-0.2, 0) is 6.61 Å². The number of carbonyl (C=O) groups excluding carboxylic acids is 1. The average molecular weight is 349 g/mol. The van der Waals surface area contributed by atoms with Crippen LogP contribution in [0.5, 0.6) is 5.75 Å². The van der Waals surface area contributed by atoms with Gasteiger partial charge in [0.25, 0.3) is 0 Å². The second-order valence-corrected chi connectivity index (χ2v) is 5.92. The van der Waals surface area contributed by atoms with E-state index in [0.29, 0.717) is 17.2 Å². The van der Waals surface area contributed by atoms with Crippen LogP contribution in [0.25, 0.3) is 6.08 Å². The van der Waals surface area contributed by atoms with Crippen molar-refractivity contribution in [2.45, 2.75) is 6.61 Å². The Hall–Kier alpha value is -2.84. The summed E-state index contributed by atoms with van der Waals surface area (Å²) in [5, 5.41) is 0.621. The maximum Gasteiger partial charge on any atom is 0.185 e. The molecule has 0 aliphatic carbocycles. The normalized spacial score (nSPS) is 10.8. The molecule has 0 aliphatic heterocycles. The minimum absolute atomic E-state index is 0.0745. The summed E-state index contributed by atoms with van der Waals surface area (Å²) < 4.78 is 5.73. The molecule has 0 amide bonds. The fraction of sp³-hybridized carbons (Fsp3) is 0.0455. The number of halogens is 1. The summed E-state index contributed by atoms with van der Waals surface area (Å²) in [7, 11) is 0. The smallest absolute Gasteiger partial charge is 0.185 e. The quantitative estimate of drug-likeness (QED) is 0.414. The number of benzene rings is 3. The minimum atomic E-state index is -0.0745. The number of allylic oxidation sites excluding steroid dienone is 1. The fourth-order valence-electron chi connectivity index (χ4n) is 2.33. The molecule has 25 heavy (non-hydrogen) atoms. The predicted molar refractivity (Wildman–Crippen MR) is 102 cm³/mol. The van der Waals surface area contributed by atoms with E-state index in [9.17, 15) is 4.79 Å². The third-order valence-electron chi connectivity index (χ3n) is 3.71. The largest absolute Gasteiger partial charge is 0.489 e. The van der Waals surface area contributed by atoms with E-state index in [1.807, 2.05) is 48.5 Å². The molecule has 3 heteroatoms. The van der Waals surface area contributed by atoms with Gasteiger partial charge in [-0.05, 0) is 53.6 Å². The third kappa shape index (κ3) is 4.82. The van der Waals surface area contributed by atoms with Crippen LogP contribution >= 0.6 is 11.6 Å². The first-order valence-corrected chi connectivity index (χ1v) is 8.34. The van der Waals surface area contributed by atoms with Gasteiger partial charge in [-0.25, -0.2) is 0 Å². The molecular weight excluding hydrogens is 332 g/mol. The summed E-state index contributed by atoms with van der Waals surface area (Å²) in [5.74, 6) is 0.657. The van der Waals surface area contributed by atoms with Gasteiger partial charge < -0.3 is 4.74 Å². The summed E-state index contributed by atoms with van der Waals surface area (Å²) in [6.45, 7) is 0.501. The van der Waals surface area contributed by atoms with E-state index in [0.717, 1.165) is 16.9 Å². The topological polar surface area (TPSA) is 26.3 Å². The zero-order chi connectivity index (χ0) is 17.5.